The smallest absolute Gasteiger partial charge is 0.240 e. The van der Waals surface area contributed by atoms with Crippen LogP contribution >= 0.6 is 11.3 Å². The molecule has 1 saturated heterocycles. The first-order valence-electron chi connectivity index (χ1n) is 9.98. The van der Waals surface area contributed by atoms with Crippen LogP contribution in [-0.4, -0.2) is 54.5 Å². The van der Waals surface area contributed by atoms with Gasteiger partial charge in [0, 0.05) is 43.3 Å². The zero-order chi connectivity index (χ0) is 20.1. The molecular weight excluding hydrogens is 366 g/mol. The summed E-state index contributed by atoms with van der Waals surface area (Å²) in [5.41, 5.74) is 4.01. The van der Waals surface area contributed by atoms with Crippen molar-refractivity contribution in [1.29, 1.82) is 0 Å². The third-order valence-corrected chi connectivity index (χ3v) is 6.59. The van der Waals surface area contributed by atoms with Crippen molar-refractivity contribution in [2.75, 3.05) is 37.6 Å². The highest BCUT2D eigenvalue weighted by molar-refractivity contribution is 7.09. The van der Waals surface area contributed by atoms with Crippen LogP contribution < -0.4 is 4.90 Å². The Balaban J connectivity index is 1.61. The molecular formula is C23H31N3OS. The van der Waals surface area contributed by atoms with Crippen molar-refractivity contribution in [3.05, 3.63) is 64.4 Å². The minimum atomic E-state index is -0.110. The third-order valence-electron chi connectivity index (χ3n) is 5.72. The summed E-state index contributed by atoms with van der Waals surface area (Å²) < 4.78 is 0. The molecule has 150 valence electrons. The molecule has 5 heteroatoms. The normalized spacial score (nSPS) is 16.0. The standard InChI is InChI=1S/C23H31N3OS/c1-5-11-26(17-21-9-7-16-28-21)23(27)20(4)24-12-14-25(15-13-24)22-10-6-8-18(2)19(22)3/h5-10,16,20H,1,11-15,17H2,2-4H3. The molecule has 0 radical (unpaired) electrons. The van der Waals surface area contributed by atoms with Crippen LogP contribution in [0.3, 0.4) is 0 Å². The summed E-state index contributed by atoms with van der Waals surface area (Å²) in [6, 6.07) is 10.5. The van der Waals surface area contributed by atoms with Crippen molar-refractivity contribution < 1.29 is 4.79 Å². The highest BCUT2D eigenvalue weighted by Gasteiger charge is 2.29. The van der Waals surface area contributed by atoms with Gasteiger partial charge in [-0.25, -0.2) is 0 Å². The zero-order valence-corrected chi connectivity index (χ0v) is 18.0. The molecule has 2 aromatic rings. The van der Waals surface area contributed by atoms with E-state index in [0.29, 0.717) is 13.1 Å². The molecule has 1 aromatic heterocycles. The highest BCUT2D eigenvalue weighted by Crippen LogP contribution is 2.24. The van der Waals surface area contributed by atoms with Gasteiger partial charge in [-0.1, -0.05) is 24.3 Å². The second-order valence-corrected chi connectivity index (χ2v) is 8.54. The number of nitrogens with zero attached hydrogens (tertiary/aromatic N) is 3. The lowest BCUT2D eigenvalue weighted by Gasteiger charge is -2.40. The molecule has 0 N–H and O–H groups in total. The first kappa shape index (κ1) is 20.6. The van der Waals surface area contributed by atoms with Crippen LogP contribution in [0.1, 0.15) is 22.9 Å². The number of carbonyl (C=O) groups excluding carboxylic acids is 1. The Morgan fingerprint density at radius 3 is 2.61 bits per heavy atom. The number of thiophene rings is 1. The number of hydrogen-bond acceptors (Lipinski definition) is 4. The predicted molar refractivity (Wildman–Crippen MR) is 119 cm³/mol. The number of anilines is 1. The van der Waals surface area contributed by atoms with E-state index in [2.05, 4.69) is 59.9 Å². The van der Waals surface area contributed by atoms with Gasteiger partial charge >= 0.3 is 0 Å². The van der Waals surface area contributed by atoms with Gasteiger partial charge in [0.2, 0.25) is 5.91 Å². The maximum atomic E-state index is 13.1. The Kier molecular flexibility index (Phi) is 6.92. The molecule has 28 heavy (non-hydrogen) atoms. The van der Waals surface area contributed by atoms with Gasteiger partial charge in [-0.2, -0.15) is 0 Å². The lowest BCUT2D eigenvalue weighted by Crippen LogP contribution is -2.54. The van der Waals surface area contributed by atoms with Gasteiger partial charge in [-0.05, 0) is 49.4 Å². The molecule has 0 aliphatic carbocycles. The molecule has 1 aliphatic rings. The number of piperazine rings is 1. The van der Waals surface area contributed by atoms with Crippen LogP contribution in [0.5, 0.6) is 0 Å². The molecule has 1 atom stereocenters. The average molecular weight is 398 g/mol. The third kappa shape index (κ3) is 4.65. The minimum Gasteiger partial charge on any atom is -0.369 e. The van der Waals surface area contributed by atoms with Gasteiger partial charge in [0.25, 0.3) is 0 Å². The van der Waals surface area contributed by atoms with E-state index in [1.165, 1.54) is 21.7 Å². The van der Waals surface area contributed by atoms with Gasteiger partial charge in [0.05, 0.1) is 12.6 Å². The molecule has 2 heterocycles. The van der Waals surface area contributed by atoms with E-state index in [0.717, 1.165) is 26.2 Å². The number of amides is 1. The maximum Gasteiger partial charge on any atom is 0.240 e. The monoisotopic (exact) mass is 397 g/mol. The first-order chi connectivity index (χ1) is 13.5. The largest absolute Gasteiger partial charge is 0.369 e. The number of rotatable bonds is 7. The lowest BCUT2D eigenvalue weighted by molar-refractivity contribution is -0.136. The summed E-state index contributed by atoms with van der Waals surface area (Å²) in [4.78, 5) is 21.0. The number of benzene rings is 1. The van der Waals surface area contributed by atoms with Crippen LogP contribution in [0.15, 0.2) is 48.4 Å². The Morgan fingerprint density at radius 1 is 1.21 bits per heavy atom. The van der Waals surface area contributed by atoms with E-state index in [1.807, 2.05) is 24.0 Å². The summed E-state index contributed by atoms with van der Waals surface area (Å²) in [6.45, 7) is 15.2. The summed E-state index contributed by atoms with van der Waals surface area (Å²) in [6.07, 6.45) is 1.82. The van der Waals surface area contributed by atoms with Crippen LogP contribution in [0.4, 0.5) is 5.69 Å². The minimum absolute atomic E-state index is 0.110. The van der Waals surface area contributed by atoms with Crippen molar-refractivity contribution in [2.45, 2.75) is 33.4 Å². The Bertz CT molecular complexity index is 794. The molecule has 0 bridgehead atoms. The SMILES string of the molecule is C=CCN(Cc1cccs1)C(=O)C(C)N1CCN(c2cccc(C)c2C)CC1. The number of hydrogen-bond donors (Lipinski definition) is 0. The molecule has 1 unspecified atom stereocenters. The highest BCUT2D eigenvalue weighted by atomic mass is 32.1. The van der Waals surface area contributed by atoms with E-state index in [1.54, 1.807) is 11.3 Å². The van der Waals surface area contributed by atoms with E-state index < -0.39 is 0 Å². The summed E-state index contributed by atoms with van der Waals surface area (Å²) in [5.74, 6) is 0.188. The van der Waals surface area contributed by atoms with Crippen molar-refractivity contribution >= 4 is 22.9 Å². The van der Waals surface area contributed by atoms with Gasteiger partial charge in [-0.3, -0.25) is 9.69 Å². The predicted octanol–water partition coefficient (Wildman–Crippen LogP) is 4.09. The van der Waals surface area contributed by atoms with E-state index in [-0.39, 0.29) is 11.9 Å². The van der Waals surface area contributed by atoms with E-state index >= 15 is 0 Å². The molecule has 0 saturated carbocycles. The summed E-state index contributed by atoms with van der Waals surface area (Å²) in [5, 5.41) is 2.06. The zero-order valence-electron chi connectivity index (χ0n) is 17.2. The lowest BCUT2D eigenvalue weighted by atomic mass is 10.1. The molecule has 1 aromatic carbocycles. The first-order valence-corrected chi connectivity index (χ1v) is 10.9. The number of aryl methyl sites for hydroxylation is 1. The quantitative estimate of drug-likeness (QED) is 0.659. The van der Waals surface area contributed by atoms with Gasteiger partial charge in [-0.15, -0.1) is 17.9 Å². The second kappa shape index (κ2) is 9.39. The van der Waals surface area contributed by atoms with Crippen molar-refractivity contribution in [2.24, 2.45) is 0 Å². The van der Waals surface area contributed by atoms with Crippen molar-refractivity contribution in [1.82, 2.24) is 9.80 Å². The fourth-order valence-electron chi connectivity index (χ4n) is 3.83. The number of carbonyl (C=O) groups is 1. The van der Waals surface area contributed by atoms with E-state index in [4.69, 9.17) is 0 Å². The van der Waals surface area contributed by atoms with Crippen molar-refractivity contribution in [3.8, 4) is 0 Å². The molecule has 0 spiro atoms. The maximum absolute atomic E-state index is 13.1. The van der Waals surface area contributed by atoms with Crippen LogP contribution in [-0.2, 0) is 11.3 Å². The average Bonchev–Trinajstić information content (AvgIpc) is 3.22. The van der Waals surface area contributed by atoms with Crippen LogP contribution in [0, 0.1) is 13.8 Å². The Hall–Kier alpha value is -2.11. The molecule has 1 amide bonds. The van der Waals surface area contributed by atoms with Gasteiger partial charge < -0.3 is 9.80 Å². The molecule has 1 aliphatic heterocycles. The fraction of sp³-hybridized carbons (Fsp3) is 0.435. The van der Waals surface area contributed by atoms with Gasteiger partial charge in [0.1, 0.15) is 0 Å². The van der Waals surface area contributed by atoms with Crippen LogP contribution in [0.25, 0.3) is 0 Å². The Labute approximate surface area is 173 Å². The molecule has 1 fully saturated rings. The summed E-state index contributed by atoms with van der Waals surface area (Å²) >= 11 is 1.69. The topological polar surface area (TPSA) is 26.8 Å². The van der Waals surface area contributed by atoms with Gasteiger partial charge in [0.15, 0.2) is 0 Å². The molecule has 4 nitrogen and oxygen atoms in total. The van der Waals surface area contributed by atoms with E-state index in [9.17, 15) is 4.79 Å². The van der Waals surface area contributed by atoms with Crippen LogP contribution in [0.2, 0.25) is 0 Å². The summed E-state index contributed by atoms with van der Waals surface area (Å²) in [7, 11) is 0. The Morgan fingerprint density at radius 2 is 1.96 bits per heavy atom. The second-order valence-electron chi connectivity index (χ2n) is 7.50. The molecule has 3 rings (SSSR count). The van der Waals surface area contributed by atoms with Crippen molar-refractivity contribution in [3.63, 3.8) is 0 Å². The fourth-order valence-corrected chi connectivity index (χ4v) is 4.55.